The van der Waals surface area contributed by atoms with Gasteiger partial charge in [-0.05, 0) is 65.6 Å². The summed E-state index contributed by atoms with van der Waals surface area (Å²) in [5.74, 6) is 0.196. The van der Waals surface area contributed by atoms with Gasteiger partial charge < -0.3 is 30.6 Å². The van der Waals surface area contributed by atoms with Gasteiger partial charge in [0.25, 0.3) is 5.91 Å². The Bertz CT molecular complexity index is 1570. The molecule has 8 heteroatoms. The third-order valence-electron chi connectivity index (χ3n) is 8.03. The zero-order chi connectivity index (χ0) is 27.6. The van der Waals surface area contributed by atoms with Gasteiger partial charge in [0.15, 0.2) is 11.5 Å². The molecule has 1 aliphatic carbocycles. The average Bonchev–Trinajstić information content (AvgIpc) is 3.66. The number of aliphatic hydroxyl groups excluding tert-OH is 1. The maximum Gasteiger partial charge on any atom is 0.255 e. The number of nitrogens with two attached hydrogens (primary N) is 1. The molecule has 0 unspecified atom stereocenters. The van der Waals surface area contributed by atoms with E-state index >= 15 is 0 Å². The SMILES string of the molecule is NC(=O)c1c(-c2cc3c(c(C(=O)N[C@@H](CO)Cc4c[nH]c5ccccc45)c2)OCCO3)cccc1C1CCCC1. The van der Waals surface area contributed by atoms with Gasteiger partial charge in [0.2, 0.25) is 5.91 Å². The van der Waals surface area contributed by atoms with Crippen LogP contribution in [0.4, 0.5) is 0 Å². The summed E-state index contributed by atoms with van der Waals surface area (Å²) in [4.78, 5) is 29.7. The van der Waals surface area contributed by atoms with Crippen molar-refractivity contribution in [3.63, 3.8) is 0 Å². The van der Waals surface area contributed by atoms with E-state index in [0.717, 1.165) is 47.7 Å². The zero-order valence-corrected chi connectivity index (χ0v) is 22.2. The molecular weight excluding hydrogens is 506 g/mol. The molecule has 2 amide bonds. The number of aromatic amines is 1. The molecule has 0 saturated heterocycles. The number of benzene rings is 3. The molecule has 0 spiro atoms. The fourth-order valence-electron chi connectivity index (χ4n) is 6.13. The van der Waals surface area contributed by atoms with E-state index in [1.165, 1.54) is 0 Å². The summed E-state index contributed by atoms with van der Waals surface area (Å²) in [6.45, 7) is 0.428. The number of carbonyl (C=O) groups is 2. The Morgan fingerprint density at radius 2 is 1.85 bits per heavy atom. The van der Waals surface area contributed by atoms with Crippen LogP contribution in [0.5, 0.6) is 11.5 Å². The molecule has 1 saturated carbocycles. The number of fused-ring (bicyclic) bond motifs is 2. The molecule has 1 fully saturated rings. The van der Waals surface area contributed by atoms with Gasteiger partial charge in [-0.15, -0.1) is 0 Å². The Morgan fingerprint density at radius 1 is 1.05 bits per heavy atom. The van der Waals surface area contributed by atoms with Crippen LogP contribution in [0.3, 0.4) is 0 Å². The highest BCUT2D eigenvalue weighted by Crippen LogP contribution is 2.42. The number of aromatic nitrogens is 1. The number of H-pyrrole nitrogens is 1. The van der Waals surface area contributed by atoms with E-state index in [1.807, 2.05) is 48.7 Å². The van der Waals surface area contributed by atoms with Gasteiger partial charge in [-0.25, -0.2) is 0 Å². The van der Waals surface area contributed by atoms with E-state index in [0.29, 0.717) is 47.8 Å². The third kappa shape index (κ3) is 4.91. The summed E-state index contributed by atoms with van der Waals surface area (Å²) in [6.07, 6.45) is 6.66. The first-order valence-corrected chi connectivity index (χ1v) is 13.9. The lowest BCUT2D eigenvalue weighted by Gasteiger charge is -2.24. The molecule has 1 aromatic heterocycles. The lowest BCUT2D eigenvalue weighted by atomic mass is 9.87. The maximum absolute atomic E-state index is 13.7. The van der Waals surface area contributed by atoms with Gasteiger partial charge in [0.05, 0.1) is 23.8 Å². The summed E-state index contributed by atoms with van der Waals surface area (Å²) < 4.78 is 11.8. The summed E-state index contributed by atoms with van der Waals surface area (Å²) in [6, 6.07) is 16.7. The van der Waals surface area contributed by atoms with Gasteiger partial charge in [-0.3, -0.25) is 9.59 Å². The second kappa shape index (κ2) is 11.1. The molecule has 4 aromatic rings. The van der Waals surface area contributed by atoms with E-state index in [4.69, 9.17) is 15.2 Å². The minimum atomic E-state index is -0.526. The quantitative estimate of drug-likeness (QED) is 0.258. The molecule has 1 atom stereocenters. The van der Waals surface area contributed by atoms with Gasteiger partial charge in [0.1, 0.15) is 13.2 Å². The molecule has 0 bridgehead atoms. The molecule has 2 heterocycles. The van der Waals surface area contributed by atoms with Crippen molar-refractivity contribution in [2.75, 3.05) is 19.8 Å². The van der Waals surface area contributed by atoms with Crippen LogP contribution in [-0.4, -0.2) is 47.8 Å². The molecule has 6 rings (SSSR count). The lowest BCUT2D eigenvalue weighted by Crippen LogP contribution is -2.39. The molecule has 1 aliphatic heterocycles. The van der Waals surface area contributed by atoms with Crippen LogP contribution in [-0.2, 0) is 6.42 Å². The van der Waals surface area contributed by atoms with Crippen molar-refractivity contribution in [2.45, 2.75) is 44.1 Å². The zero-order valence-electron chi connectivity index (χ0n) is 22.2. The van der Waals surface area contributed by atoms with Crippen molar-refractivity contribution in [2.24, 2.45) is 5.73 Å². The van der Waals surface area contributed by atoms with Crippen LogP contribution in [0.15, 0.2) is 60.8 Å². The maximum atomic E-state index is 13.7. The highest BCUT2D eigenvalue weighted by atomic mass is 16.6. The van der Waals surface area contributed by atoms with Crippen molar-refractivity contribution < 1.29 is 24.2 Å². The molecule has 40 heavy (non-hydrogen) atoms. The summed E-state index contributed by atoms with van der Waals surface area (Å²) >= 11 is 0. The van der Waals surface area contributed by atoms with Crippen LogP contribution < -0.4 is 20.5 Å². The Labute approximate surface area is 232 Å². The minimum Gasteiger partial charge on any atom is -0.486 e. The second-order valence-corrected chi connectivity index (χ2v) is 10.6. The van der Waals surface area contributed by atoms with Crippen molar-refractivity contribution in [1.29, 1.82) is 0 Å². The van der Waals surface area contributed by atoms with Crippen LogP contribution in [0, 0.1) is 0 Å². The number of rotatable bonds is 8. The molecule has 206 valence electrons. The van der Waals surface area contributed by atoms with Crippen molar-refractivity contribution in [3.05, 3.63) is 83.0 Å². The molecule has 2 aliphatic rings. The molecule has 3 aromatic carbocycles. The fourth-order valence-corrected chi connectivity index (χ4v) is 6.13. The van der Waals surface area contributed by atoms with E-state index in [1.54, 1.807) is 12.1 Å². The molecule has 5 N–H and O–H groups in total. The Morgan fingerprint density at radius 3 is 2.65 bits per heavy atom. The van der Waals surface area contributed by atoms with E-state index in [2.05, 4.69) is 10.3 Å². The van der Waals surface area contributed by atoms with Crippen LogP contribution in [0.1, 0.15) is 63.4 Å². The number of aliphatic hydroxyl groups is 1. The van der Waals surface area contributed by atoms with Crippen LogP contribution in [0.2, 0.25) is 0 Å². The third-order valence-corrected chi connectivity index (χ3v) is 8.03. The fraction of sp³-hybridized carbons (Fsp3) is 0.312. The first-order valence-electron chi connectivity index (χ1n) is 13.9. The van der Waals surface area contributed by atoms with E-state index < -0.39 is 17.9 Å². The Kier molecular flexibility index (Phi) is 7.17. The van der Waals surface area contributed by atoms with Crippen LogP contribution >= 0.6 is 0 Å². The van der Waals surface area contributed by atoms with E-state index in [9.17, 15) is 14.7 Å². The normalized spacial score (nSPS) is 15.7. The highest BCUT2D eigenvalue weighted by molar-refractivity contribution is 6.04. The number of amides is 2. The number of ether oxygens (including phenoxy) is 2. The van der Waals surface area contributed by atoms with E-state index in [-0.39, 0.29) is 18.1 Å². The smallest absolute Gasteiger partial charge is 0.255 e. The predicted octanol–water partition coefficient (Wildman–Crippen LogP) is 4.70. The van der Waals surface area contributed by atoms with Gasteiger partial charge in [-0.2, -0.15) is 0 Å². The van der Waals surface area contributed by atoms with Gasteiger partial charge >= 0.3 is 0 Å². The summed E-state index contributed by atoms with van der Waals surface area (Å²) in [5.41, 5.74) is 11.0. The largest absolute Gasteiger partial charge is 0.486 e. The number of para-hydroxylation sites is 1. The van der Waals surface area contributed by atoms with Crippen LogP contribution in [0.25, 0.3) is 22.0 Å². The number of nitrogens with one attached hydrogen (secondary N) is 2. The average molecular weight is 540 g/mol. The topological polar surface area (TPSA) is 127 Å². The van der Waals surface area contributed by atoms with Crippen molar-refractivity contribution >= 4 is 22.7 Å². The molecule has 0 radical (unpaired) electrons. The lowest BCUT2D eigenvalue weighted by molar-refractivity contribution is 0.0905. The van der Waals surface area contributed by atoms with Gasteiger partial charge in [0, 0.05) is 17.1 Å². The first-order chi connectivity index (χ1) is 19.5. The number of primary amides is 1. The summed E-state index contributed by atoms with van der Waals surface area (Å²) in [7, 11) is 0. The monoisotopic (exact) mass is 539 g/mol. The minimum absolute atomic E-state index is 0.236. The highest BCUT2D eigenvalue weighted by Gasteiger charge is 2.28. The molecule has 8 nitrogen and oxygen atoms in total. The standard InChI is InChI=1S/C32H33N3O5/c33-31(37)29-24(19-6-1-2-7-19)9-5-10-25(29)20-15-26(30-28(16-20)39-12-13-40-30)32(38)35-22(18-36)14-21-17-34-27-11-4-3-8-23(21)27/h3-5,8-11,15-17,19,22,34,36H,1-2,6-7,12-14,18H2,(H2,33,37)(H,35,38)/t22-/m1/s1. The second-order valence-electron chi connectivity index (χ2n) is 10.6. The Hall–Kier alpha value is -4.30. The number of carbonyl (C=O) groups excluding carboxylic acids is 2. The van der Waals surface area contributed by atoms with Crippen molar-refractivity contribution in [1.82, 2.24) is 10.3 Å². The van der Waals surface area contributed by atoms with Gasteiger partial charge in [-0.1, -0.05) is 49.2 Å². The predicted molar refractivity (Wildman–Crippen MR) is 153 cm³/mol. The van der Waals surface area contributed by atoms with Crippen molar-refractivity contribution in [3.8, 4) is 22.6 Å². The molecular formula is C32H33N3O5. The summed E-state index contributed by atoms with van der Waals surface area (Å²) in [5, 5.41) is 14.2. The number of hydrogen-bond acceptors (Lipinski definition) is 5. The number of hydrogen-bond donors (Lipinski definition) is 4. The Balaban J connectivity index is 1.36. The first kappa shape index (κ1) is 26.0.